The summed E-state index contributed by atoms with van der Waals surface area (Å²) in [5, 5.41) is 6.99. The summed E-state index contributed by atoms with van der Waals surface area (Å²) in [5.74, 6) is 1.69. The van der Waals surface area contributed by atoms with Gasteiger partial charge in [-0.3, -0.25) is 4.99 Å². The van der Waals surface area contributed by atoms with Gasteiger partial charge < -0.3 is 15.5 Å². The topological polar surface area (TPSA) is 39.7 Å². The van der Waals surface area contributed by atoms with Crippen LogP contribution in [0.1, 0.15) is 38.2 Å². The van der Waals surface area contributed by atoms with Crippen molar-refractivity contribution >= 4 is 45.9 Å². The van der Waals surface area contributed by atoms with Crippen LogP contribution in [0.2, 0.25) is 0 Å². The molecule has 0 spiro atoms. The number of likely N-dealkylation sites (tertiary alicyclic amines) is 1. The lowest BCUT2D eigenvalue weighted by Crippen LogP contribution is -2.43. The highest BCUT2D eigenvalue weighted by Gasteiger charge is 2.45. The summed E-state index contributed by atoms with van der Waals surface area (Å²) in [6, 6.07) is 8.60. The molecule has 0 amide bonds. The minimum Gasteiger partial charge on any atom is -0.357 e. The molecular formula is C20H32BrIN4. The zero-order chi connectivity index (χ0) is 17.7. The molecule has 1 aromatic rings. The average molecular weight is 535 g/mol. The number of piperidine rings is 1. The molecule has 1 atom stereocenters. The Kier molecular flexibility index (Phi) is 8.67. The van der Waals surface area contributed by atoms with Gasteiger partial charge in [0.25, 0.3) is 0 Å². The van der Waals surface area contributed by atoms with Crippen LogP contribution in [0.3, 0.4) is 0 Å². The van der Waals surface area contributed by atoms with Crippen LogP contribution in [-0.2, 0) is 5.41 Å². The molecule has 0 aromatic heterocycles. The zero-order valence-corrected chi connectivity index (χ0v) is 19.8. The Morgan fingerprint density at radius 2 is 2.08 bits per heavy atom. The Morgan fingerprint density at radius 3 is 2.73 bits per heavy atom. The van der Waals surface area contributed by atoms with Crippen molar-refractivity contribution in [3.63, 3.8) is 0 Å². The fourth-order valence-electron chi connectivity index (χ4n) is 3.81. The molecule has 0 radical (unpaired) electrons. The van der Waals surface area contributed by atoms with Crippen LogP contribution < -0.4 is 10.6 Å². The van der Waals surface area contributed by atoms with Crippen LogP contribution in [0.4, 0.5) is 0 Å². The average Bonchev–Trinajstić information content (AvgIpc) is 3.39. The van der Waals surface area contributed by atoms with E-state index < -0.39 is 0 Å². The normalized spacial score (nSPS) is 22.4. The minimum absolute atomic E-state index is 0. The van der Waals surface area contributed by atoms with Gasteiger partial charge in [-0.2, -0.15) is 0 Å². The Balaban J connectivity index is 0.00000243. The molecule has 2 N–H and O–H groups in total. The van der Waals surface area contributed by atoms with Gasteiger partial charge in [-0.05, 0) is 63.7 Å². The standard InChI is InChI=1S/C20H31BrN4.HI/c1-3-22-19(23-13-16-7-6-12-25(2)14-16)24-15-20(10-11-20)17-8-4-5-9-18(17)21;/h4-5,8-9,16H,3,6-7,10-15H2,1-2H3,(H2,22,23,24);1H. The molecule has 1 saturated heterocycles. The van der Waals surface area contributed by atoms with Gasteiger partial charge in [0, 0.05) is 29.5 Å². The lowest BCUT2D eigenvalue weighted by Gasteiger charge is -2.30. The van der Waals surface area contributed by atoms with Crippen molar-refractivity contribution in [2.24, 2.45) is 10.9 Å². The summed E-state index contributed by atoms with van der Waals surface area (Å²) < 4.78 is 1.21. The molecule has 26 heavy (non-hydrogen) atoms. The summed E-state index contributed by atoms with van der Waals surface area (Å²) >= 11 is 3.71. The summed E-state index contributed by atoms with van der Waals surface area (Å²) in [6.07, 6.45) is 5.08. The van der Waals surface area contributed by atoms with E-state index in [4.69, 9.17) is 4.99 Å². The number of benzene rings is 1. The molecule has 1 aromatic carbocycles. The molecule has 2 fully saturated rings. The first-order valence-electron chi connectivity index (χ1n) is 9.59. The third kappa shape index (κ3) is 5.83. The van der Waals surface area contributed by atoms with E-state index in [0.717, 1.165) is 31.5 Å². The molecule has 3 rings (SSSR count). The van der Waals surface area contributed by atoms with E-state index in [9.17, 15) is 0 Å². The van der Waals surface area contributed by atoms with Gasteiger partial charge in [-0.25, -0.2) is 0 Å². The van der Waals surface area contributed by atoms with E-state index in [0.29, 0.717) is 0 Å². The highest BCUT2D eigenvalue weighted by Crippen LogP contribution is 2.50. The maximum Gasteiger partial charge on any atom is 0.191 e. The predicted octanol–water partition coefficient (Wildman–Crippen LogP) is 4.00. The summed E-state index contributed by atoms with van der Waals surface area (Å²) in [5.41, 5.74) is 1.64. The maximum atomic E-state index is 4.93. The van der Waals surface area contributed by atoms with E-state index in [1.807, 2.05) is 0 Å². The first-order valence-corrected chi connectivity index (χ1v) is 10.4. The minimum atomic E-state index is 0. The molecule has 1 heterocycles. The SMILES string of the molecule is CCNC(=NCC1(c2ccccc2Br)CC1)NCC1CCCN(C)C1.I. The number of aliphatic imine (C=N–C) groups is 1. The third-order valence-electron chi connectivity index (χ3n) is 5.46. The maximum absolute atomic E-state index is 4.93. The highest BCUT2D eigenvalue weighted by atomic mass is 127. The van der Waals surface area contributed by atoms with Crippen molar-refractivity contribution in [1.29, 1.82) is 0 Å². The fourth-order valence-corrected chi connectivity index (χ4v) is 4.51. The van der Waals surface area contributed by atoms with Gasteiger partial charge in [0.05, 0.1) is 6.54 Å². The zero-order valence-electron chi connectivity index (χ0n) is 15.9. The van der Waals surface area contributed by atoms with Crippen LogP contribution in [0.15, 0.2) is 33.7 Å². The first-order chi connectivity index (χ1) is 12.1. The number of nitrogens with one attached hydrogen (secondary N) is 2. The van der Waals surface area contributed by atoms with Crippen molar-refractivity contribution < 1.29 is 0 Å². The van der Waals surface area contributed by atoms with Crippen LogP contribution in [0.25, 0.3) is 0 Å². The van der Waals surface area contributed by atoms with Crippen LogP contribution >= 0.6 is 39.9 Å². The van der Waals surface area contributed by atoms with Gasteiger partial charge in [0.2, 0.25) is 0 Å². The second kappa shape index (κ2) is 10.3. The van der Waals surface area contributed by atoms with Crippen LogP contribution in [0, 0.1) is 5.92 Å². The Bertz CT molecular complexity index is 603. The van der Waals surface area contributed by atoms with Gasteiger partial charge in [0.1, 0.15) is 0 Å². The monoisotopic (exact) mass is 534 g/mol. The summed E-state index contributed by atoms with van der Waals surface area (Å²) in [7, 11) is 2.22. The van der Waals surface area contributed by atoms with E-state index in [1.165, 1.54) is 48.8 Å². The fraction of sp³-hybridized carbons (Fsp3) is 0.650. The number of rotatable bonds is 6. The number of hydrogen-bond acceptors (Lipinski definition) is 2. The molecule has 146 valence electrons. The largest absolute Gasteiger partial charge is 0.357 e. The molecule has 4 nitrogen and oxygen atoms in total. The number of guanidine groups is 1. The highest BCUT2D eigenvalue weighted by molar-refractivity contribution is 14.0. The molecule has 1 unspecified atom stereocenters. The van der Waals surface area contributed by atoms with Gasteiger partial charge >= 0.3 is 0 Å². The van der Waals surface area contributed by atoms with E-state index in [2.05, 4.69) is 69.7 Å². The smallest absolute Gasteiger partial charge is 0.191 e. The lowest BCUT2D eigenvalue weighted by atomic mass is 9.96. The lowest BCUT2D eigenvalue weighted by molar-refractivity contribution is 0.210. The first kappa shape index (κ1) is 22.0. The number of nitrogens with zero attached hydrogens (tertiary/aromatic N) is 2. The Hall–Kier alpha value is -0.340. The molecule has 2 aliphatic rings. The summed E-state index contributed by atoms with van der Waals surface area (Å²) in [4.78, 5) is 7.37. The van der Waals surface area contributed by atoms with Crippen molar-refractivity contribution in [2.75, 3.05) is 39.8 Å². The van der Waals surface area contributed by atoms with E-state index >= 15 is 0 Å². The van der Waals surface area contributed by atoms with Crippen molar-refractivity contribution in [3.8, 4) is 0 Å². The van der Waals surface area contributed by atoms with Crippen LogP contribution in [0.5, 0.6) is 0 Å². The van der Waals surface area contributed by atoms with Crippen LogP contribution in [-0.4, -0.2) is 50.6 Å². The van der Waals surface area contributed by atoms with Gasteiger partial charge in [0.15, 0.2) is 5.96 Å². The second-order valence-corrected chi connectivity index (χ2v) is 8.46. The van der Waals surface area contributed by atoms with Crippen molar-refractivity contribution in [1.82, 2.24) is 15.5 Å². The second-order valence-electron chi connectivity index (χ2n) is 7.61. The van der Waals surface area contributed by atoms with E-state index in [-0.39, 0.29) is 29.4 Å². The van der Waals surface area contributed by atoms with E-state index in [1.54, 1.807) is 0 Å². The number of halogens is 2. The summed E-state index contributed by atoms with van der Waals surface area (Å²) in [6.45, 7) is 7.32. The number of hydrogen-bond donors (Lipinski definition) is 2. The molecule has 0 bridgehead atoms. The van der Waals surface area contributed by atoms with Crippen molar-refractivity contribution in [3.05, 3.63) is 34.3 Å². The van der Waals surface area contributed by atoms with Gasteiger partial charge in [-0.15, -0.1) is 24.0 Å². The predicted molar refractivity (Wildman–Crippen MR) is 125 cm³/mol. The molecule has 6 heteroatoms. The quantitative estimate of drug-likeness (QED) is 0.329. The van der Waals surface area contributed by atoms with Crippen molar-refractivity contribution in [2.45, 2.75) is 38.0 Å². The molecule has 1 saturated carbocycles. The Labute approximate surface area is 183 Å². The van der Waals surface area contributed by atoms with Gasteiger partial charge in [-0.1, -0.05) is 34.1 Å². The molecule has 1 aliphatic heterocycles. The third-order valence-corrected chi connectivity index (χ3v) is 6.15. The molecular weight excluding hydrogens is 503 g/mol. The Morgan fingerprint density at radius 1 is 1.31 bits per heavy atom. The molecule has 1 aliphatic carbocycles.